The quantitative estimate of drug-likeness (QED) is 0.456. The normalized spacial score (nSPS) is 34.9. The summed E-state index contributed by atoms with van der Waals surface area (Å²) in [7, 11) is 0. The Morgan fingerprint density at radius 3 is 2.69 bits per heavy atom. The van der Waals surface area contributed by atoms with Gasteiger partial charge in [0.1, 0.15) is 0 Å². The van der Waals surface area contributed by atoms with Crippen LogP contribution in [0, 0.1) is 5.92 Å². The zero-order valence-corrected chi connectivity index (χ0v) is 8.31. The summed E-state index contributed by atoms with van der Waals surface area (Å²) in [6.07, 6.45) is 2.47. The van der Waals surface area contributed by atoms with E-state index >= 15 is 0 Å². The van der Waals surface area contributed by atoms with Gasteiger partial charge in [-0.1, -0.05) is 0 Å². The van der Waals surface area contributed by atoms with E-state index in [9.17, 15) is 0 Å². The van der Waals surface area contributed by atoms with Gasteiger partial charge in [-0.3, -0.25) is 10.3 Å². The summed E-state index contributed by atoms with van der Waals surface area (Å²) in [6, 6.07) is 0. The first-order valence-electron chi connectivity index (χ1n) is 4.60. The molecule has 3 aliphatic rings. The maximum atomic E-state index is 5.31. The first-order chi connectivity index (χ1) is 6.25. The van der Waals surface area contributed by atoms with Crippen molar-refractivity contribution in [3.63, 3.8) is 0 Å². The number of hydrazone groups is 1. The Bertz CT molecular complexity index is 243. The van der Waals surface area contributed by atoms with Gasteiger partial charge in [-0.15, -0.1) is 0 Å². The minimum atomic E-state index is 0.254. The third kappa shape index (κ3) is 1.97. The van der Waals surface area contributed by atoms with Crippen LogP contribution < -0.4 is 11.2 Å². The highest BCUT2D eigenvalue weighted by atomic mass is 32.1. The molecule has 0 aromatic heterocycles. The number of hydrogen-bond acceptors (Lipinski definition) is 3. The molecule has 3 saturated heterocycles. The summed E-state index contributed by atoms with van der Waals surface area (Å²) in [4.78, 5) is 2.42. The standard InChI is InChI=1S/C8H14N4S/c9-8(13)11-10-7-5-12-3-1-6(7)2-4-12/h6H,1-5H2,(H3,9,11,13). The van der Waals surface area contributed by atoms with Crippen molar-refractivity contribution < 1.29 is 0 Å². The van der Waals surface area contributed by atoms with Gasteiger partial charge in [0.25, 0.3) is 0 Å². The van der Waals surface area contributed by atoms with E-state index in [1.807, 2.05) is 0 Å². The van der Waals surface area contributed by atoms with E-state index in [4.69, 9.17) is 18.0 Å². The lowest BCUT2D eigenvalue weighted by molar-refractivity contribution is 0.200. The molecule has 72 valence electrons. The monoisotopic (exact) mass is 198 g/mol. The highest BCUT2D eigenvalue weighted by Crippen LogP contribution is 2.24. The van der Waals surface area contributed by atoms with Crippen LogP contribution >= 0.6 is 12.2 Å². The van der Waals surface area contributed by atoms with Crippen LogP contribution in [-0.2, 0) is 0 Å². The maximum Gasteiger partial charge on any atom is 0.184 e. The molecule has 3 aliphatic heterocycles. The third-order valence-electron chi connectivity index (χ3n) is 2.75. The highest BCUT2D eigenvalue weighted by Gasteiger charge is 2.30. The molecule has 5 heteroatoms. The fourth-order valence-corrected chi connectivity index (χ4v) is 2.08. The van der Waals surface area contributed by atoms with Gasteiger partial charge in [-0.25, -0.2) is 0 Å². The SMILES string of the molecule is NC(=S)NN=C1CN2CCC1CC2. The lowest BCUT2D eigenvalue weighted by Crippen LogP contribution is -2.48. The van der Waals surface area contributed by atoms with Crippen molar-refractivity contribution in [2.75, 3.05) is 19.6 Å². The van der Waals surface area contributed by atoms with Gasteiger partial charge in [0.2, 0.25) is 0 Å². The number of nitrogens with one attached hydrogen (secondary N) is 1. The summed E-state index contributed by atoms with van der Waals surface area (Å²) >= 11 is 4.70. The van der Waals surface area contributed by atoms with Crippen molar-refractivity contribution in [2.24, 2.45) is 16.8 Å². The zero-order valence-electron chi connectivity index (χ0n) is 7.49. The number of nitrogens with zero attached hydrogens (tertiary/aromatic N) is 2. The van der Waals surface area contributed by atoms with Gasteiger partial charge in [-0.05, 0) is 38.1 Å². The van der Waals surface area contributed by atoms with Gasteiger partial charge in [0.05, 0.1) is 5.71 Å². The van der Waals surface area contributed by atoms with Gasteiger partial charge in [0.15, 0.2) is 5.11 Å². The number of fused-ring (bicyclic) bond motifs is 3. The third-order valence-corrected chi connectivity index (χ3v) is 2.85. The molecule has 2 bridgehead atoms. The number of piperidine rings is 3. The van der Waals surface area contributed by atoms with Crippen molar-refractivity contribution >= 4 is 23.0 Å². The minimum Gasteiger partial charge on any atom is -0.375 e. The van der Waals surface area contributed by atoms with Gasteiger partial charge in [-0.2, -0.15) is 5.10 Å². The Balaban J connectivity index is 2.00. The van der Waals surface area contributed by atoms with Crippen LogP contribution in [0.3, 0.4) is 0 Å². The molecule has 4 nitrogen and oxygen atoms in total. The van der Waals surface area contributed by atoms with E-state index in [2.05, 4.69) is 15.4 Å². The molecule has 3 N–H and O–H groups in total. The Morgan fingerprint density at radius 2 is 2.23 bits per heavy atom. The van der Waals surface area contributed by atoms with Crippen molar-refractivity contribution in [1.29, 1.82) is 0 Å². The second-order valence-electron chi connectivity index (χ2n) is 3.63. The smallest absolute Gasteiger partial charge is 0.184 e. The predicted molar refractivity (Wildman–Crippen MR) is 56.5 cm³/mol. The van der Waals surface area contributed by atoms with Crippen molar-refractivity contribution in [2.45, 2.75) is 12.8 Å². The van der Waals surface area contributed by atoms with E-state index in [1.165, 1.54) is 31.6 Å². The van der Waals surface area contributed by atoms with Crippen LogP contribution in [-0.4, -0.2) is 35.4 Å². The Morgan fingerprint density at radius 1 is 1.54 bits per heavy atom. The molecule has 0 amide bonds. The second kappa shape index (κ2) is 3.59. The van der Waals surface area contributed by atoms with Crippen LogP contribution in [0.25, 0.3) is 0 Å². The van der Waals surface area contributed by atoms with Crippen LogP contribution in [0.4, 0.5) is 0 Å². The van der Waals surface area contributed by atoms with Gasteiger partial charge in [0, 0.05) is 12.5 Å². The summed E-state index contributed by atoms with van der Waals surface area (Å²) in [5.74, 6) is 0.659. The molecule has 0 aliphatic carbocycles. The minimum absolute atomic E-state index is 0.254. The zero-order chi connectivity index (χ0) is 9.26. The fourth-order valence-electron chi connectivity index (χ4n) is 2.04. The lowest BCUT2D eigenvalue weighted by Gasteiger charge is -2.39. The maximum absolute atomic E-state index is 5.31. The average Bonchev–Trinajstić information content (AvgIpc) is 2.17. The van der Waals surface area contributed by atoms with E-state index in [0.29, 0.717) is 5.92 Å². The van der Waals surface area contributed by atoms with Crippen LogP contribution in [0.1, 0.15) is 12.8 Å². The molecule has 3 heterocycles. The molecule has 0 unspecified atom stereocenters. The van der Waals surface area contributed by atoms with Crippen molar-refractivity contribution in [3.05, 3.63) is 0 Å². The average molecular weight is 198 g/mol. The van der Waals surface area contributed by atoms with E-state index in [0.717, 1.165) is 6.54 Å². The molecule has 3 fully saturated rings. The largest absolute Gasteiger partial charge is 0.375 e. The molecule has 0 saturated carbocycles. The molecule has 0 atom stereocenters. The number of hydrogen-bond donors (Lipinski definition) is 2. The van der Waals surface area contributed by atoms with E-state index < -0.39 is 0 Å². The number of nitrogens with two attached hydrogens (primary N) is 1. The van der Waals surface area contributed by atoms with Crippen molar-refractivity contribution in [1.82, 2.24) is 10.3 Å². The molecule has 13 heavy (non-hydrogen) atoms. The molecule has 3 rings (SSSR count). The summed E-state index contributed by atoms with van der Waals surface area (Å²) in [5, 5.41) is 4.48. The molecular formula is C8H14N4S. The number of rotatable bonds is 1. The van der Waals surface area contributed by atoms with Gasteiger partial charge < -0.3 is 5.73 Å². The van der Waals surface area contributed by atoms with E-state index in [1.54, 1.807) is 0 Å². The summed E-state index contributed by atoms with van der Waals surface area (Å²) < 4.78 is 0. The van der Waals surface area contributed by atoms with E-state index in [-0.39, 0.29) is 5.11 Å². The molecule has 0 aromatic carbocycles. The predicted octanol–water partition coefficient (Wildman–Crippen LogP) is -0.0988. The van der Waals surface area contributed by atoms with Crippen LogP contribution in [0.5, 0.6) is 0 Å². The number of thiocarbonyl (C=S) groups is 1. The molecule has 0 radical (unpaired) electrons. The van der Waals surface area contributed by atoms with Crippen LogP contribution in [0.2, 0.25) is 0 Å². The first-order valence-corrected chi connectivity index (χ1v) is 5.01. The Hall–Kier alpha value is -0.680. The summed E-state index contributed by atoms with van der Waals surface area (Å²) in [5.41, 5.74) is 9.19. The Labute approximate surface area is 83.2 Å². The van der Waals surface area contributed by atoms with Crippen LogP contribution in [0.15, 0.2) is 5.10 Å². The van der Waals surface area contributed by atoms with Crippen molar-refractivity contribution in [3.8, 4) is 0 Å². The second-order valence-corrected chi connectivity index (χ2v) is 4.07. The lowest BCUT2D eigenvalue weighted by atomic mass is 9.87. The topological polar surface area (TPSA) is 53.6 Å². The molecule has 0 aromatic rings. The molecule has 0 spiro atoms. The first kappa shape index (κ1) is 8.90. The summed E-state index contributed by atoms with van der Waals surface area (Å²) in [6.45, 7) is 3.42. The van der Waals surface area contributed by atoms with Gasteiger partial charge >= 0.3 is 0 Å². The fraction of sp³-hybridized carbons (Fsp3) is 0.750. The Kier molecular flexibility index (Phi) is 2.46. The molecular weight excluding hydrogens is 184 g/mol. The highest BCUT2D eigenvalue weighted by molar-refractivity contribution is 7.80.